The Labute approximate surface area is 146 Å². The maximum Gasteiger partial charge on any atom is 0.417 e. The molecule has 0 saturated carbocycles. The minimum Gasteiger partial charge on any atom is -0.491 e. The van der Waals surface area contributed by atoms with Crippen molar-refractivity contribution in [3.05, 3.63) is 51.6 Å². The predicted octanol–water partition coefficient (Wildman–Crippen LogP) is 5.25. The quantitative estimate of drug-likeness (QED) is 0.571. The number of benzene rings is 1. The van der Waals surface area contributed by atoms with Gasteiger partial charge < -0.3 is 4.74 Å². The Balaban J connectivity index is 2.06. The van der Waals surface area contributed by atoms with Gasteiger partial charge in [0.1, 0.15) is 5.82 Å². The molecule has 0 unspecified atom stereocenters. The number of aromatic nitrogens is 1. The van der Waals surface area contributed by atoms with E-state index in [1.54, 1.807) is 12.1 Å². The zero-order valence-electron chi connectivity index (χ0n) is 12.4. The number of alkyl halides is 3. The molecule has 0 atom stereocenters. The van der Waals surface area contributed by atoms with E-state index in [2.05, 4.69) is 15.5 Å². The van der Waals surface area contributed by atoms with Crippen LogP contribution in [0.3, 0.4) is 0 Å². The molecule has 0 fully saturated rings. The Morgan fingerprint density at radius 2 is 1.92 bits per heavy atom. The summed E-state index contributed by atoms with van der Waals surface area (Å²) in [6, 6.07) is 5.29. The van der Waals surface area contributed by atoms with Crippen molar-refractivity contribution in [1.82, 2.24) is 4.98 Å². The normalized spacial score (nSPS) is 11.8. The molecule has 128 valence electrons. The molecular formula is C15H12Cl2F3N3O. The van der Waals surface area contributed by atoms with Crippen LogP contribution in [0.5, 0.6) is 5.75 Å². The van der Waals surface area contributed by atoms with Crippen LogP contribution in [0.15, 0.2) is 35.6 Å². The Bertz CT molecular complexity index is 711. The molecule has 2 rings (SSSR count). The van der Waals surface area contributed by atoms with E-state index in [-0.39, 0.29) is 5.82 Å². The first-order valence-corrected chi connectivity index (χ1v) is 7.51. The summed E-state index contributed by atoms with van der Waals surface area (Å²) in [6.45, 7) is 2.23. The highest BCUT2D eigenvalue weighted by Gasteiger charge is 2.30. The number of nitrogens with one attached hydrogen (secondary N) is 1. The van der Waals surface area contributed by atoms with Gasteiger partial charge in [-0.1, -0.05) is 23.2 Å². The fourth-order valence-electron chi connectivity index (χ4n) is 1.74. The number of hydrazone groups is 1. The van der Waals surface area contributed by atoms with E-state index in [1.165, 1.54) is 12.3 Å². The van der Waals surface area contributed by atoms with Crippen LogP contribution >= 0.6 is 23.2 Å². The molecule has 4 nitrogen and oxygen atoms in total. The van der Waals surface area contributed by atoms with Crippen molar-refractivity contribution in [2.24, 2.45) is 5.10 Å². The van der Waals surface area contributed by atoms with E-state index in [0.717, 1.165) is 12.3 Å². The number of halogens is 5. The van der Waals surface area contributed by atoms with Crippen molar-refractivity contribution in [3.63, 3.8) is 0 Å². The maximum atomic E-state index is 12.4. The van der Waals surface area contributed by atoms with Crippen molar-refractivity contribution in [1.29, 1.82) is 0 Å². The van der Waals surface area contributed by atoms with Crippen LogP contribution in [-0.4, -0.2) is 17.8 Å². The molecule has 0 radical (unpaired) electrons. The van der Waals surface area contributed by atoms with E-state index >= 15 is 0 Å². The number of nitrogens with zero attached hydrogens (tertiary/aromatic N) is 2. The fourth-order valence-corrected chi connectivity index (χ4v) is 2.35. The highest BCUT2D eigenvalue weighted by Crippen LogP contribution is 2.33. The Morgan fingerprint density at radius 1 is 1.25 bits per heavy atom. The van der Waals surface area contributed by atoms with Gasteiger partial charge in [0, 0.05) is 6.20 Å². The monoisotopic (exact) mass is 377 g/mol. The molecular weight excluding hydrogens is 366 g/mol. The summed E-state index contributed by atoms with van der Waals surface area (Å²) in [7, 11) is 0. The van der Waals surface area contributed by atoms with E-state index in [4.69, 9.17) is 27.9 Å². The number of ether oxygens (including phenoxy) is 1. The molecule has 0 bridgehead atoms. The molecule has 1 aromatic heterocycles. The van der Waals surface area contributed by atoms with Gasteiger partial charge in [-0.2, -0.15) is 18.3 Å². The first-order chi connectivity index (χ1) is 11.3. The molecule has 9 heteroatoms. The third kappa shape index (κ3) is 4.75. The molecule has 0 amide bonds. The third-order valence-electron chi connectivity index (χ3n) is 2.79. The lowest BCUT2D eigenvalue weighted by Crippen LogP contribution is -2.05. The molecule has 0 saturated heterocycles. The second kappa shape index (κ2) is 7.72. The number of hydrogen-bond donors (Lipinski definition) is 1. The smallest absolute Gasteiger partial charge is 0.417 e. The van der Waals surface area contributed by atoms with Crippen LogP contribution in [0.25, 0.3) is 0 Å². The van der Waals surface area contributed by atoms with Crippen LogP contribution in [0, 0.1) is 0 Å². The number of anilines is 1. The molecule has 0 aliphatic carbocycles. The molecule has 2 aromatic rings. The fraction of sp³-hybridized carbons (Fsp3) is 0.200. The molecule has 0 aliphatic heterocycles. The first-order valence-electron chi connectivity index (χ1n) is 6.75. The van der Waals surface area contributed by atoms with Crippen molar-refractivity contribution < 1.29 is 17.9 Å². The Morgan fingerprint density at radius 3 is 2.42 bits per heavy atom. The van der Waals surface area contributed by atoms with Gasteiger partial charge in [-0.15, -0.1) is 0 Å². The largest absolute Gasteiger partial charge is 0.491 e. The zero-order valence-corrected chi connectivity index (χ0v) is 13.9. The second-order valence-electron chi connectivity index (χ2n) is 4.55. The Kier molecular flexibility index (Phi) is 5.90. The lowest BCUT2D eigenvalue weighted by Gasteiger charge is -2.08. The molecule has 0 aliphatic rings. The van der Waals surface area contributed by atoms with Crippen molar-refractivity contribution in [2.45, 2.75) is 13.1 Å². The van der Waals surface area contributed by atoms with Crippen LogP contribution in [-0.2, 0) is 6.18 Å². The summed E-state index contributed by atoms with van der Waals surface area (Å²) in [5.74, 6) is 0.553. The van der Waals surface area contributed by atoms with Crippen LogP contribution in [0.4, 0.5) is 19.0 Å². The molecule has 0 spiro atoms. The van der Waals surface area contributed by atoms with E-state index in [0.29, 0.717) is 28.0 Å². The predicted molar refractivity (Wildman–Crippen MR) is 88.1 cm³/mol. The molecule has 1 aromatic carbocycles. The van der Waals surface area contributed by atoms with Gasteiger partial charge in [-0.05, 0) is 36.8 Å². The van der Waals surface area contributed by atoms with Crippen LogP contribution in [0.2, 0.25) is 10.0 Å². The van der Waals surface area contributed by atoms with Gasteiger partial charge in [-0.25, -0.2) is 4.98 Å². The lowest BCUT2D eigenvalue weighted by molar-refractivity contribution is -0.137. The third-order valence-corrected chi connectivity index (χ3v) is 3.35. The summed E-state index contributed by atoms with van der Waals surface area (Å²) in [5, 5.41) is 4.55. The Hall–Kier alpha value is -1.99. The van der Waals surface area contributed by atoms with Gasteiger partial charge in [0.15, 0.2) is 5.75 Å². The van der Waals surface area contributed by atoms with Crippen LogP contribution < -0.4 is 10.2 Å². The zero-order chi connectivity index (χ0) is 17.7. The summed E-state index contributed by atoms with van der Waals surface area (Å²) >= 11 is 12.1. The van der Waals surface area contributed by atoms with Gasteiger partial charge >= 0.3 is 6.18 Å². The van der Waals surface area contributed by atoms with E-state index in [9.17, 15) is 13.2 Å². The highest BCUT2D eigenvalue weighted by molar-refractivity contribution is 6.37. The minimum absolute atomic E-state index is 0.169. The standard InChI is InChI=1S/C15H12Cl2F3N3O/c1-2-24-14-11(16)5-9(6-12(14)17)7-22-23-13-4-3-10(8-21-13)15(18,19)20/h3-8H,2H2,1H3,(H,21,23)/b22-7-. The number of hydrogen-bond acceptors (Lipinski definition) is 4. The average molecular weight is 378 g/mol. The molecule has 1 heterocycles. The summed E-state index contributed by atoms with van der Waals surface area (Å²) in [6.07, 6.45) is -2.29. The van der Waals surface area contributed by atoms with Gasteiger partial charge in [0.2, 0.25) is 0 Å². The highest BCUT2D eigenvalue weighted by atomic mass is 35.5. The van der Waals surface area contributed by atoms with E-state index in [1.807, 2.05) is 6.92 Å². The van der Waals surface area contributed by atoms with E-state index < -0.39 is 11.7 Å². The topological polar surface area (TPSA) is 46.5 Å². The summed E-state index contributed by atoms with van der Waals surface area (Å²) < 4.78 is 42.6. The number of pyridine rings is 1. The maximum absolute atomic E-state index is 12.4. The van der Waals surface area contributed by atoms with Gasteiger partial charge in [0.05, 0.1) is 28.4 Å². The van der Waals surface area contributed by atoms with Crippen LogP contribution in [0.1, 0.15) is 18.1 Å². The second-order valence-corrected chi connectivity index (χ2v) is 5.36. The average Bonchev–Trinajstić information content (AvgIpc) is 2.50. The van der Waals surface area contributed by atoms with Crippen molar-refractivity contribution in [3.8, 4) is 5.75 Å². The SMILES string of the molecule is CCOc1c(Cl)cc(/C=N\Nc2ccc(C(F)(F)F)cn2)cc1Cl. The minimum atomic E-state index is -4.43. The summed E-state index contributed by atoms with van der Waals surface area (Å²) in [5.41, 5.74) is 2.28. The van der Waals surface area contributed by atoms with Gasteiger partial charge in [0.25, 0.3) is 0 Å². The number of rotatable bonds is 5. The molecule has 24 heavy (non-hydrogen) atoms. The van der Waals surface area contributed by atoms with Gasteiger partial charge in [-0.3, -0.25) is 5.43 Å². The first kappa shape index (κ1) is 18.4. The van der Waals surface area contributed by atoms with Crippen molar-refractivity contribution >= 4 is 35.2 Å². The lowest BCUT2D eigenvalue weighted by atomic mass is 10.2. The summed E-state index contributed by atoms with van der Waals surface area (Å²) in [4.78, 5) is 3.63. The molecule has 1 N–H and O–H groups in total. The van der Waals surface area contributed by atoms with Crippen molar-refractivity contribution in [2.75, 3.05) is 12.0 Å².